The molecule has 1 atom stereocenters. The molecule has 1 rings (SSSR count). The Morgan fingerprint density at radius 2 is 2.25 bits per heavy atom. The fourth-order valence-electron chi connectivity index (χ4n) is 0.513. The molecule has 0 spiro atoms. The molecule has 1 aliphatic carbocycles. The van der Waals surface area contributed by atoms with Gasteiger partial charge in [0.05, 0.1) is 6.10 Å². The van der Waals surface area contributed by atoms with Crippen molar-refractivity contribution in [1.82, 2.24) is 0 Å². The molecule has 1 nitrogen and oxygen atoms in total. The lowest BCUT2D eigenvalue weighted by molar-refractivity contribution is 0.255. The summed E-state index contributed by atoms with van der Waals surface area (Å²) in [5.41, 5.74) is 0. The van der Waals surface area contributed by atoms with Gasteiger partial charge in [-0.05, 0) is 0 Å². The number of rotatable bonds is 0. The maximum absolute atomic E-state index is 8.90. The molecule has 0 aromatic carbocycles. The van der Waals surface area contributed by atoms with E-state index < -0.39 is 6.10 Å². The monoisotopic (exact) mass is 126 g/mol. The SMILES string of the molecule is OC1[CH]C=CC=C1[S-]. The molecule has 1 unspecified atom stereocenters. The second-order valence-electron chi connectivity index (χ2n) is 1.59. The van der Waals surface area contributed by atoms with E-state index in [0.29, 0.717) is 4.91 Å². The minimum absolute atomic E-state index is 0.532. The Morgan fingerprint density at radius 1 is 1.50 bits per heavy atom. The molecule has 0 aromatic rings. The average molecular weight is 126 g/mol. The summed E-state index contributed by atoms with van der Waals surface area (Å²) in [6.45, 7) is 0. The van der Waals surface area contributed by atoms with Crippen molar-refractivity contribution in [1.29, 1.82) is 0 Å². The number of hydrogen-bond donors (Lipinski definition) is 1. The third-order valence-corrected chi connectivity index (χ3v) is 1.33. The lowest BCUT2D eigenvalue weighted by Gasteiger charge is -2.19. The van der Waals surface area contributed by atoms with Gasteiger partial charge in [-0.2, -0.15) is 4.91 Å². The largest absolute Gasteiger partial charge is 0.781 e. The van der Waals surface area contributed by atoms with Gasteiger partial charge in [0.15, 0.2) is 0 Å². The van der Waals surface area contributed by atoms with Crippen molar-refractivity contribution in [2.75, 3.05) is 0 Å². The van der Waals surface area contributed by atoms with Crippen LogP contribution in [-0.2, 0) is 12.6 Å². The zero-order valence-corrected chi connectivity index (χ0v) is 5.06. The fraction of sp³-hybridized carbons (Fsp3) is 0.167. The van der Waals surface area contributed by atoms with Crippen LogP contribution in [0.1, 0.15) is 0 Å². The van der Waals surface area contributed by atoms with Gasteiger partial charge in [0, 0.05) is 6.42 Å². The van der Waals surface area contributed by atoms with E-state index in [4.69, 9.17) is 17.7 Å². The predicted octanol–water partition coefficient (Wildman–Crippen LogP) is 0.552. The first-order valence-corrected chi connectivity index (χ1v) is 2.78. The van der Waals surface area contributed by atoms with Crippen molar-refractivity contribution >= 4 is 12.6 Å². The lowest BCUT2D eigenvalue weighted by Crippen LogP contribution is -2.09. The summed E-state index contributed by atoms with van der Waals surface area (Å²) >= 11 is 4.74. The molecule has 0 saturated heterocycles. The molecule has 0 amide bonds. The Labute approximate surface area is 54.1 Å². The molecular formula is C6H6OS-. The van der Waals surface area contributed by atoms with Crippen LogP contribution in [0.5, 0.6) is 0 Å². The molecule has 0 bridgehead atoms. The van der Waals surface area contributed by atoms with E-state index in [1.165, 1.54) is 0 Å². The quantitative estimate of drug-likeness (QED) is 0.478. The smallest absolute Gasteiger partial charge is 0.0617 e. The Balaban J connectivity index is 2.66. The zero-order valence-electron chi connectivity index (χ0n) is 4.24. The van der Waals surface area contributed by atoms with Crippen molar-refractivity contribution in [3.63, 3.8) is 0 Å². The summed E-state index contributed by atoms with van der Waals surface area (Å²) in [7, 11) is 0. The molecular weight excluding hydrogens is 120 g/mol. The van der Waals surface area contributed by atoms with Crippen molar-refractivity contribution < 1.29 is 5.11 Å². The molecule has 1 aliphatic rings. The van der Waals surface area contributed by atoms with Gasteiger partial charge in [-0.1, -0.05) is 18.2 Å². The summed E-state index contributed by atoms with van der Waals surface area (Å²) in [6, 6.07) is 0. The zero-order chi connectivity index (χ0) is 5.98. The normalized spacial score (nSPS) is 27.6. The summed E-state index contributed by atoms with van der Waals surface area (Å²) < 4.78 is 0. The van der Waals surface area contributed by atoms with Crippen LogP contribution < -0.4 is 0 Å². The minimum atomic E-state index is -0.532. The van der Waals surface area contributed by atoms with Crippen LogP contribution in [0, 0.1) is 6.42 Å². The molecule has 0 aromatic heterocycles. The predicted molar refractivity (Wildman–Crippen MR) is 34.9 cm³/mol. The van der Waals surface area contributed by atoms with E-state index in [1.54, 1.807) is 18.6 Å². The third kappa shape index (κ3) is 1.08. The molecule has 0 fully saturated rings. The van der Waals surface area contributed by atoms with E-state index in [-0.39, 0.29) is 0 Å². The van der Waals surface area contributed by atoms with Gasteiger partial charge < -0.3 is 17.7 Å². The summed E-state index contributed by atoms with van der Waals surface area (Å²) in [4.78, 5) is 0.590. The molecule has 0 aliphatic heterocycles. The highest BCUT2D eigenvalue weighted by atomic mass is 32.1. The van der Waals surface area contributed by atoms with Gasteiger partial charge in [-0.3, -0.25) is 0 Å². The van der Waals surface area contributed by atoms with Crippen LogP contribution >= 0.6 is 0 Å². The van der Waals surface area contributed by atoms with Gasteiger partial charge >= 0.3 is 0 Å². The van der Waals surface area contributed by atoms with Gasteiger partial charge in [-0.25, -0.2) is 0 Å². The van der Waals surface area contributed by atoms with Crippen LogP contribution in [0.15, 0.2) is 23.1 Å². The number of allylic oxidation sites excluding steroid dienone is 2. The molecule has 1 radical (unpaired) electrons. The van der Waals surface area contributed by atoms with E-state index in [1.807, 2.05) is 6.08 Å². The summed E-state index contributed by atoms with van der Waals surface area (Å²) in [5, 5.41) is 8.90. The summed E-state index contributed by atoms with van der Waals surface area (Å²) in [5.74, 6) is 0. The maximum atomic E-state index is 8.90. The first-order chi connectivity index (χ1) is 3.80. The number of aliphatic hydroxyl groups is 1. The van der Waals surface area contributed by atoms with Crippen LogP contribution in [0.4, 0.5) is 0 Å². The average Bonchev–Trinajstić information content (AvgIpc) is 1.77. The van der Waals surface area contributed by atoms with E-state index in [0.717, 1.165) is 0 Å². The van der Waals surface area contributed by atoms with Crippen molar-refractivity contribution in [2.45, 2.75) is 6.10 Å². The topological polar surface area (TPSA) is 20.2 Å². The second-order valence-corrected chi connectivity index (χ2v) is 2.06. The number of aliphatic hydroxyl groups excluding tert-OH is 1. The van der Waals surface area contributed by atoms with E-state index >= 15 is 0 Å². The van der Waals surface area contributed by atoms with Crippen molar-refractivity contribution in [3.05, 3.63) is 29.6 Å². The Hall–Kier alpha value is -0.340. The van der Waals surface area contributed by atoms with Gasteiger partial charge in [-0.15, -0.1) is 0 Å². The van der Waals surface area contributed by atoms with Gasteiger partial charge in [0.1, 0.15) is 0 Å². The first-order valence-electron chi connectivity index (χ1n) is 2.37. The highest BCUT2D eigenvalue weighted by Gasteiger charge is 1.99. The van der Waals surface area contributed by atoms with Crippen LogP contribution in [0.2, 0.25) is 0 Å². The minimum Gasteiger partial charge on any atom is -0.781 e. The van der Waals surface area contributed by atoms with Crippen LogP contribution in [0.25, 0.3) is 0 Å². The second kappa shape index (κ2) is 2.29. The van der Waals surface area contributed by atoms with Gasteiger partial charge in [0.2, 0.25) is 0 Å². The lowest BCUT2D eigenvalue weighted by atomic mass is 10.1. The maximum Gasteiger partial charge on any atom is 0.0617 e. The Kier molecular flexibility index (Phi) is 1.65. The molecule has 0 saturated carbocycles. The van der Waals surface area contributed by atoms with Crippen molar-refractivity contribution in [2.24, 2.45) is 0 Å². The standard InChI is InChI=1S/C6H7OS/c7-5-3-1-2-4-6(5)8/h1-5,7-8H/p-1. The first kappa shape index (κ1) is 5.79. The van der Waals surface area contributed by atoms with Gasteiger partial charge in [0.25, 0.3) is 0 Å². The molecule has 0 heterocycles. The fourth-order valence-corrected chi connectivity index (χ4v) is 0.670. The van der Waals surface area contributed by atoms with E-state index in [9.17, 15) is 0 Å². The molecule has 43 valence electrons. The highest BCUT2D eigenvalue weighted by Crippen LogP contribution is 2.08. The Morgan fingerprint density at radius 3 is 2.62 bits per heavy atom. The van der Waals surface area contributed by atoms with Crippen LogP contribution in [0.3, 0.4) is 0 Å². The van der Waals surface area contributed by atoms with Crippen LogP contribution in [-0.4, -0.2) is 11.2 Å². The third-order valence-electron chi connectivity index (χ3n) is 0.957. The van der Waals surface area contributed by atoms with Crippen molar-refractivity contribution in [3.8, 4) is 0 Å². The molecule has 8 heavy (non-hydrogen) atoms. The van der Waals surface area contributed by atoms with E-state index in [2.05, 4.69) is 0 Å². The molecule has 2 heteroatoms. The highest BCUT2D eigenvalue weighted by molar-refractivity contribution is 7.63. The summed E-state index contributed by atoms with van der Waals surface area (Å²) in [6.07, 6.45) is 6.44. The molecule has 1 N–H and O–H groups in total. The Bertz CT molecular complexity index is 137. The number of hydrogen-bond acceptors (Lipinski definition) is 2.